The van der Waals surface area contributed by atoms with Crippen LogP contribution in [0.1, 0.15) is 6.42 Å². The van der Waals surface area contributed by atoms with Crippen LogP contribution in [0.5, 0.6) is 0 Å². The van der Waals surface area contributed by atoms with Gasteiger partial charge in [-0.25, -0.2) is 12.4 Å². The first kappa shape index (κ1) is 21.0. The Morgan fingerprint density at radius 1 is 1.00 bits per heavy atom. The molecule has 3 heterocycles. The van der Waals surface area contributed by atoms with E-state index in [0.717, 1.165) is 49.1 Å². The largest absolute Gasteiger partial charge is 0.483 e. The van der Waals surface area contributed by atoms with E-state index in [1.54, 1.807) is 30.7 Å². The fourth-order valence-electron chi connectivity index (χ4n) is 3.81. The third kappa shape index (κ3) is 4.14. The number of hydrogen-bond donors (Lipinski definition) is 2. The number of hydrogen-bond acceptors (Lipinski definition) is 6. The van der Waals surface area contributed by atoms with Crippen LogP contribution in [0.25, 0.3) is 21.9 Å². The van der Waals surface area contributed by atoms with Crippen LogP contribution in [0.4, 0.5) is 5.69 Å². The molecule has 0 bridgehead atoms. The quantitative estimate of drug-likeness (QED) is 0.471. The van der Waals surface area contributed by atoms with Gasteiger partial charge in [0, 0.05) is 48.4 Å². The summed E-state index contributed by atoms with van der Waals surface area (Å²) in [5.74, 6) is 0. The number of furan rings is 1. The monoisotopic (exact) mass is 441 g/mol. The molecule has 0 amide bonds. The highest BCUT2D eigenvalue weighted by Gasteiger charge is 2.21. The maximum atomic E-state index is 13.3. The van der Waals surface area contributed by atoms with Crippen molar-refractivity contribution in [3.8, 4) is 0 Å². The maximum absolute atomic E-state index is 13.3. The minimum Gasteiger partial charge on any atom is -0.483 e. The van der Waals surface area contributed by atoms with Crippen molar-refractivity contribution >= 4 is 44.1 Å². The van der Waals surface area contributed by atoms with Crippen LogP contribution in [0, 0.1) is 0 Å². The van der Waals surface area contributed by atoms with E-state index >= 15 is 0 Å². The van der Waals surface area contributed by atoms with E-state index in [1.165, 1.54) is 3.97 Å². The summed E-state index contributed by atoms with van der Waals surface area (Å²) >= 11 is 0. The lowest BCUT2D eigenvalue weighted by Gasteiger charge is -2.22. The molecule has 2 aromatic carbocycles. The molecule has 0 spiro atoms. The molecule has 0 atom stereocenters. The molecule has 162 valence electrons. The molecule has 31 heavy (non-hydrogen) atoms. The number of nitrogens with one attached hydrogen (secondary N) is 1. The van der Waals surface area contributed by atoms with Gasteiger partial charge in [-0.3, -0.25) is 4.79 Å². The second-order valence-corrected chi connectivity index (χ2v) is 8.99. The average molecular weight is 442 g/mol. The molecule has 9 heteroatoms. The fourth-order valence-corrected chi connectivity index (χ4v) is 5.17. The summed E-state index contributed by atoms with van der Waals surface area (Å²) in [6.45, 7) is 3.56. The van der Waals surface area contributed by atoms with E-state index in [1.807, 2.05) is 24.3 Å². The molecule has 8 nitrogen and oxygen atoms in total. The van der Waals surface area contributed by atoms with Crippen molar-refractivity contribution in [3.05, 3.63) is 61.0 Å². The second-order valence-electron chi connectivity index (χ2n) is 7.18. The first-order valence-electron chi connectivity index (χ1n) is 9.92. The highest BCUT2D eigenvalue weighted by Crippen LogP contribution is 2.28. The highest BCUT2D eigenvalue weighted by molar-refractivity contribution is 7.90. The lowest BCUT2D eigenvalue weighted by atomic mass is 10.2. The van der Waals surface area contributed by atoms with Gasteiger partial charge in [0.15, 0.2) is 0 Å². The van der Waals surface area contributed by atoms with Crippen LogP contribution in [0.15, 0.2) is 70.3 Å². The lowest BCUT2D eigenvalue weighted by molar-refractivity contribution is -0.122. The summed E-state index contributed by atoms with van der Waals surface area (Å²) in [6.07, 6.45) is 4.26. The number of benzene rings is 2. The molecular weight excluding hydrogens is 418 g/mol. The molecular formula is C22H23N3O5S. The highest BCUT2D eigenvalue weighted by atomic mass is 32.2. The Bertz CT molecular complexity index is 1300. The van der Waals surface area contributed by atoms with Crippen molar-refractivity contribution in [2.45, 2.75) is 11.3 Å². The van der Waals surface area contributed by atoms with Crippen molar-refractivity contribution in [2.24, 2.45) is 0 Å². The first-order chi connectivity index (χ1) is 15.0. The summed E-state index contributed by atoms with van der Waals surface area (Å²) in [6, 6.07) is 14.7. The Labute approximate surface area is 179 Å². The molecule has 2 aromatic heterocycles. The van der Waals surface area contributed by atoms with E-state index in [9.17, 15) is 8.42 Å². The Balaban J connectivity index is 0.000000730. The first-order valence-corrected chi connectivity index (χ1v) is 11.4. The van der Waals surface area contributed by atoms with Gasteiger partial charge in [-0.2, -0.15) is 0 Å². The molecule has 2 N–H and O–H groups in total. The van der Waals surface area contributed by atoms with Gasteiger partial charge >= 0.3 is 0 Å². The van der Waals surface area contributed by atoms with Crippen LogP contribution < -0.4 is 10.2 Å². The Kier molecular flexibility index (Phi) is 5.97. The van der Waals surface area contributed by atoms with Gasteiger partial charge in [0.25, 0.3) is 16.5 Å². The number of aromatic nitrogens is 1. The zero-order valence-electron chi connectivity index (χ0n) is 16.8. The van der Waals surface area contributed by atoms with Gasteiger partial charge in [-0.15, -0.1) is 0 Å². The van der Waals surface area contributed by atoms with Crippen molar-refractivity contribution in [2.75, 3.05) is 31.1 Å². The summed E-state index contributed by atoms with van der Waals surface area (Å²) in [7, 11) is -3.72. The topological polar surface area (TPSA) is 105 Å². The molecule has 5 rings (SSSR count). The van der Waals surface area contributed by atoms with Crippen LogP contribution in [-0.2, 0) is 14.8 Å². The predicted octanol–water partition coefficient (Wildman–Crippen LogP) is 3.13. The van der Waals surface area contributed by atoms with Crippen molar-refractivity contribution in [3.63, 3.8) is 0 Å². The normalized spacial score (nSPS) is 14.8. The number of carboxylic acid groups (broad SMARTS) is 1. The Hall–Kier alpha value is -3.30. The van der Waals surface area contributed by atoms with Gasteiger partial charge < -0.3 is 19.7 Å². The zero-order valence-corrected chi connectivity index (χ0v) is 17.6. The minimum absolute atomic E-state index is 0.219. The molecule has 1 saturated heterocycles. The standard InChI is InChI=1S/C21H21N3O3S.CH2O2/c25-28(26,19-5-3-17-7-13-27-21(17)15-19)24-11-6-16-2-4-18(14-20(16)24)23-10-1-8-22-9-12-23;2-1-3/h2-7,11,13-15,22H,1,8-10,12H2;1H,(H,2,3). The van der Waals surface area contributed by atoms with Gasteiger partial charge in [0.1, 0.15) is 5.58 Å². The van der Waals surface area contributed by atoms with Crippen LogP contribution in [0.2, 0.25) is 0 Å². The van der Waals surface area contributed by atoms with Gasteiger partial charge in [0.2, 0.25) is 0 Å². The molecule has 1 aliphatic rings. The SMILES string of the molecule is O=CO.O=S(=O)(c1ccc2ccoc2c1)n1ccc2ccc(N3CCCNCC3)cc21. The van der Waals surface area contributed by atoms with Crippen molar-refractivity contribution in [1.29, 1.82) is 0 Å². The van der Waals surface area contributed by atoms with E-state index in [0.29, 0.717) is 11.1 Å². The molecule has 0 radical (unpaired) electrons. The van der Waals surface area contributed by atoms with Crippen molar-refractivity contribution < 1.29 is 22.7 Å². The van der Waals surface area contributed by atoms with Crippen LogP contribution in [-0.4, -0.2) is 50.1 Å². The smallest absolute Gasteiger partial charge is 0.290 e. The lowest BCUT2D eigenvalue weighted by Crippen LogP contribution is -2.27. The fraction of sp³-hybridized carbons (Fsp3) is 0.227. The number of carbonyl (C=O) groups is 1. The Morgan fingerprint density at radius 3 is 2.65 bits per heavy atom. The third-order valence-corrected chi connectivity index (χ3v) is 7.02. The maximum Gasteiger partial charge on any atom is 0.290 e. The van der Waals surface area contributed by atoms with E-state index < -0.39 is 10.0 Å². The van der Waals surface area contributed by atoms with Gasteiger partial charge in [-0.1, -0.05) is 6.07 Å². The van der Waals surface area contributed by atoms with E-state index in [4.69, 9.17) is 14.3 Å². The summed E-state index contributed by atoms with van der Waals surface area (Å²) in [5, 5.41) is 12.1. The van der Waals surface area contributed by atoms with Gasteiger partial charge in [-0.05, 0) is 49.4 Å². The van der Waals surface area contributed by atoms with Gasteiger partial charge in [0.05, 0.1) is 16.7 Å². The molecule has 4 aromatic rings. The van der Waals surface area contributed by atoms with Crippen LogP contribution >= 0.6 is 0 Å². The summed E-state index contributed by atoms with van der Waals surface area (Å²) in [4.78, 5) is 10.9. The van der Waals surface area contributed by atoms with Crippen LogP contribution in [0.3, 0.4) is 0 Å². The third-order valence-electron chi connectivity index (χ3n) is 5.33. The molecule has 1 fully saturated rings. The number of rotatable bonds is 3. The molecule has 0 saturated carbocycles. The van der Waals surface area contributed by atoms with Crippen molar-refractivity contribution in [1.82, 2.24) is 9.29 Å². The number of nitrogens with zero attached hydrogens (tertiary/aromatic N) is 2. The number of fused-ring (bicyclic) bond motifs is 2. The number of anilines is 1. The van der Waals surface area contributed by atoms with E-state index in [-0.39, 0.29) is 11.4 Å². The second kappa shape index (κ2) is 8.83. The Morgan fingerprint density at radius 2 is 1.81 bits per heavy atom. The molecule has 0 aliphatic carbocycles. The molecule has 0 unspecified atom stereocenters. The minimum atomic E-state index is -3.72. The molecule has 1 aliphatic heterocycles. The predicted molar refractivity (Wildman–Crippen MR) is 119 cm³/mol. The summed E-state index contributed by atoms with van der Waals surface area (Å²) < 4.78 is 33.4. The summed E-state index contributed by atoms with van der Waals surface area (Å²) in [5.41, 5.74) is 2.30. The van der Waals surface area contributed by atoms with E-state index in [2.05, 4.69) is 16.3 Å². The average Bonchev–Trinajstić information content (AvgIpc) is 3.32. The zero-order chi connectivity index (χ0) is 21.8.